The SMILES string of the molecule is Cc1ccc(OCC(C)CS(=O)(=O)Cl)c(C)c1. The van der Waals surface area contributed by atoms with Crippen LogP contribution >= 0.6 is 10.7 Å². The molecule has 0 amide bonds. The minimum absolute atomic E-state index is 0.0700. The zero-order chi connectivity index (χ0) is 13.1. The Morgan fingerprint density at radius 2 is 2.00 bits per heavy atom. The van der Waals surface area contributed by atoms with Crippen molar-refractivity contribution in [2.45, 2.75) is 20.8 Å². The minimum Gasteiger partial charge on any atom is -0.493 e. The van der Waals surface area contributed by atoms with Gasteiger partial charge in [0.25, 0.3) is 0 Å². The van der Waals surface area contributed by atoms with E-state index in [2.05, 4.69) is 0 Å². The summed E-state index contributed by atoms with van der Waals surface area (Å²) in [7, 11) is 1.73. The second-order valence-electron chi connectivity index (χ2n) is 4.39. The molecule has 1 atom stereocenters. The molecule has 0 aliphatic carbocycles. The lowest BCUT2D eigenvalue weighted by Crippen LogP contribution is -2.16. The second kappa shape index (κ2) is 5.74. The van der Waals surface area contributed by atoms with Crippen LogP contribution in [0.4, 0.5) is 0 Å². The number of rotatable bonds is 5. The first-order valence-electron chi connectivity index (χ1n) is 5.40. The molecular formula is C12H17ClO3S. The first-order chi connectivity index (χ1) is 7.78. The van der Waals surface area contributed by atoms with Crippen molar-refractivity contribution < 1.29 is 13.2 Å². The van der Waals surface area contributed by atoms with Gasteiger partial charge in [-0.15, -0.1) is 0 Å². The van der Waals surface area contributed by atoms with Gasteiger partial charge in [-0.2, -0.15) is 0 Å². The van der Waals surface area contributed by atoms with Crippen LogP contribution in [0.1, 0.15) is 18.1 Å². The van der Waals surface area contributed by atoms with Crippen molar-refractivity contribution in [2.75, 3.05) is 12.4 Å². The standard InChI is InChI=1S/C12H17ClO3S/c1-9-4-5-12(11(3)6-9)16-7-10(2)8-17(13,14)15/h4-6,10H,7-8H2,1-3H3. The molecule has 1 aromatic rings. The molecule has 0 aliphatic heterocycles. The Morgan fingerprint density at radius 1 is 1.35 bits per heavy atom. The molecular weight excluding hydrogens is 260 g/mol. The second-order valence-corrected chi connectivity index (χ2v) is 7.21. The molecule has 0 fully saturated rings. The van der Waals surface area contributed by atoms with E-state index in [1.54, 1.807) is 6.92 Å². The van der Waals surface area contributed by atoms with E-state index in [0.717, 1.165) is 11.3 Å². The van der Waals surface area contributed by atoms with Crippen LogP contribution in [-0.4, -0.2) is 20.8 Å². The predicted octanol–water partition coefficient (Wildman–Crippen LogP) is 2.89. The van der Waals surface area contributed by atoms with Gasteiger partial charge in [0, 0.05) is 16.6 Å². The molecule has 5 heteroatoms. The normalized spacial score (nSPS) is 13.4. The third-order valence-electron chi connectivity index (χ3n) is 2.34. The molecule has 0 heterocycles. The minimum atomic E-state index is -3.45. The Labute approximate surface area is 107 Å². The smallest absolute Gasteiger partial charge is 0.232 e. The van der Waals surface area contributed by atoms with Crippen LogP contribution in [0.3, 0.4) is 0 Å². The summed E-state index contributed by atoms with van der Waals surface area (Å²) in [6, 6.07) is 5.89. The maximum absolute atomic E-state index is 10.9. The molecule has 1 unspecified atom stereocenters. The largest absolute Gasteiger partial charge is 0.493 e. The Hall–Kier alpha value is -0.740. The van der Waals surface area contributed by atoms with E-state index in [9.17, 15) is 8.42 Å². The van der Waals surface area contributed by atoms with E-state index in [1.807, 2.05) is 32.0 Å². The van der Waals surface area contributed by atoms with Crippen molar-refractivity contribution in [3.8, 4) is 5.75 Å². The third-order valence-corrected chi connectivity index (χ3v) is 3.68. The monoisotopic (exact) mass is 276 g/mol. The molecule has 0 saturated carbocycles. The van der Waals surface area contributed by atoms with E-state index >= 15 is 0 Å². The van der Waals surface area contributed by atoms with Crippen LogP contribution in [0, 0.1) is 19.8 Å². The third kappa shape index (κ3) is 5.41. The molecule has 3 nitrogen and oxygen atoms in total. The van der Waals surface area contributed by atoms with Crippen LogP contribution in [0.25, 0.3) is 0 Å². The van der Waals surface area contributed by atoms with Crippen LogP contribution in [-0.2, 0) is 9.05 Å². The number of halogens is 1. The Morgan fingerprint density at radius 3 is 2.53 bits per heavy atom. The summed E-state index contributed by atoms with van der Waals surface area (Å²) in [6.45, 7) is 6.12. The van der Waals surface area contributed by atoms with Gasteiger partial charge in [0.1, 0.15) is 5.75 Å². The molecule has 0 aromatic heterocycles. The maximum atomic E-state index is 10.9. The number of ether oxygens (including phenoxy) is 1. The molecule has 0 radical (unpaired) electrons. The summed E-state index contributed by atoms with van der Waals surface area (Å²) in [5, 5.41) is 0. The van der Waals surface area contributed by atoms with Crippen molar-refractivity contribution in [1.29, 1.82) is 0 Å². The van der Waals surface area contributed by atoms with Crippen molar-refractivity contribution in [3.05, 3.63) is 29.3 Å². The first-order valence-corrected chi connectivity index (χ1v) is 7.88. The molecule has 96 valence electrons. The van der Waals surface area contributed by atoms with Crippen molar-refractivity contribution in [2.24, 2.45) is 5.92 Å². The number of aryl methyl sites for hydroxylation is 2. The van der Waals surface area contributed by atoms with Crippen molar-refractivity contribution in [3.63, 3.8) is 0 Å². The lowest BCUT2D eigenvalue weighted by atomic mass is 10.1. The fourth-order valence-corrected chi connectivity index (χ4v) is 3.00. The van der Waals surface area contributed by atoms with E-state index in [1.165, 1.54) is 5.56 Å². The van der Waals surface area contributed by atoms with Crippen LogP contribution in [0.2, 0.25) is 0 Å². The van der Waals surface area contributed by atoms with Gasteiger partial charge in [0.2, 0.25) is 9.05 Å². The van der Waals surface area contributed by atoms with Gasteiger partial charge < -0.3 is 4.74 Å². The molecule has 0 N–H and O–H groups in total. The number of hydrogen-bond donors (Lipinski definition) is 0. The number of hydrogen-bond acceptors (Lipinski definition) is 3. The summed E-state index contributed by atoms with van der Waals surface area (Å²) < 4.78 is 27.3. The summed E-state index contributed by atoms with van der Waals surface area (Å²) in [5.41, 5.74) is 2.22. The van der Waals surface area contributed by atoms with Gasteiger partial charge >= 0.3 is 0 Å². The lowest BCUT2D eigenvalue weighted by Gasteiger charge is -2.13. The highest BCUT2D eigenvalue weighted by molar-refractivity contribution is 8.13. The van der Waals surface area contributed by atoms with Gasteiger partial charge in [0.15, 0.2) is 0 Å². The summed E-state index contributed by atoms with van der Waals surface area (Å²) in [5.74, 6) is 0.590. The maximum Gasteiger partial charge on any atom is 0.232 e. The van der Waals surface area contributed by atoms with Gasteiger partial charge in [0.05, 0.1) is 12.4 Å². The predicted molar refractivity (Wildman–Crippen MR) is 70.2 cm³/mol. The number of benzene rings is 1. The van der Waals surface area contributed by atoms with E-state index in [-0.39, 0.29) is 11.7 Å². The van der Waals surface area contributed by atoms with Crippen molar-refractivity contribution >= 4 is 19.7 Å². The molecule has 0 bridgehead atoms. The average molecular weight is 277 g/mol. The van der Waals surface area contributed by atoms with E-state index in [4.69, 9.17) is 15.4 Å². The average Bonchev–Trinajstić information content (AvgIpc) is 2.13. The molecule has 1 rings (SSSR count). The zero-order valence-corrected chi connectivity index (χ0v) is 11.8. The van der Waals surface area contributed by atoms with Gasteiger partial charge in [-0.1, -0.05) is 24.6 Å². The molecule has 0 aliphatic rings. The Kier molecular flexibility index (Phi) is 4.83. The topological polar surface area (TPSA) is 43.4 Å². The summed E-state index contributed by atoms with van der Waals surface area (Å²) in [6.07, 6.45) is 0. The van der Waals surface area contributed by atoms with Crippen LogP contribution in [0.5, 0.6) is 5.75 Å². The van der Waals surface area contributed by atoms with Crippen LogP contribution in [0.15, 0.2) is 18.2 Å². The molecule has 17 heavy (non-hydrogen) atoms. The fourth-order valence-electron chi connectivity index (χ4n) is 1.58. The van der Waals surface area contributed by atoms with Crippen LogP contribution < -0.4 is 4.74 Å². The van der Waals surface area contributed by atoms with E-state index < -0.39 is 9.05 Å². The van der Waals surface area contributed by atoms with Gasteiger partial charge in [-0.3, -0.25) is 0 Å². The molecule has 0 saturated heterocycles. The molecule has 0 spiro atoms. The van der Waals surface area contributed by atoms with E-state index in [0.29, 0.717) is 6.61 Å². The van der Waals surface area contributed by atoms with Gasteiger partial charge in [-0.05, 0) is 25.5 Å². The first kappa shape index (κ1) is 14.3. The summed E-state index contributed by atoms with van der Waals surface area (Å²) in [4.78, 5) is 0. The van der Waals surface area contributed by atoms with Crippen molar-refractivity contribution in [1.82, 2.24) is 0 Å². The highest BCUT2D eigenvalue weighted by Crippen LogP contribution is 2.19. The fraction of sp³-hybridized carbons (Fsp3) is 0.500. The molecule has 1 aromatic carbocycles. The Balaban J connectivity index is 2.56. The zero-order valence-electron chi connectivity index (χ0n) is 10.2. The highest BCUT2D eigenvalue weighted by atomic mass is 35.7. The highest BCUT2D eigenvalue weighted by Gasteiger charge is 2.13. The quantitative estimate of drug-likeness (QED) is 0.777. The summed E-state index contributed by atoms with van der Waals surface area (Å²) >= 11 is 0. The van der Waals surface area contributed by atoms with Gasteiger partial charge in [-0.25, -0.2) is 8.42 Å². The lowest BCUT2D eigenvalue weighted by molar-refractivity contribution is 0.270. The Bertz CT molecular complexity index is 483.